The summed E-state index contributed by atoms with van der Waals surface area (Å²) in [5.41, 5.74) is 4.09. The Hall–Kier alpha value is -2.15. The van der Waals surface area contributed by atoms with Crippen LogP contribution in [0.4, 0.5) is 0 Å². The van der Waals surface area contributed by atoms with Gasteiger partial charge in [0.15, 0.2) is 0 Å². The Labute approximate surface area is 124 Å². The number of hydrogen-bond donors (Lipinski definition) is 3. The Morgan fingerprint density at radius 3 is 2.76 bits per heavy atom. The van der Waals surface area contributed by atoms with E-state index in [2.05, 4.69) is 25.9 Å². The maximum Gasteiger partial charge on any atom is 0.269 e. The summed E-state index contributed by atoms with van der Waals surface area (Å²) in [6.07, 6.45) is 0. The number of amides is 1. The van der Waals surface area contributed by atoms with Crippen LogP contribution >= 0.6 is 0 Å². The molecular formula is C14H22N6O. The molecule has 2 rings (SSSR count). The minimum Gasteiger partial charge on any atom is -0.349 e. The van der Waals surface area contributed by atoms with Crippen LogP contribution in [0, 0.1) is 13.8 Å². The molecule has 0 fully saturated rings. The largest absolute Gasteiger partial charge is 0.349 e. The molecule has 0 saturated carbocycles. The highest BCUT2D eigenvalue weighted by Gasteiger charge is 2.17. The van der Waals surface area contributed by atoms with E-state index in [-0.39, 0.29) is 11.9 Å². The second-order valence-electron chi connectivity index (χ2n) is 5.24. The van der Waals surface area contributed by atoms with Gasteiger partial charge in [0.1, 0.15) is 5.69 Å². The fourth-order valence-electron chi connectivity index (χ4n) is 2.15. The molecule has 1 atom stereocenters. The third-order valence-corrected chi connectivity index (χ3v) is 3.65. The van der Waals surface area contributed by atoms with Crippen LogP contribution in [0.25, 0.3) is 11.3 Å². The molecule has 0 saturated heterocycles. The summed E-state index contributed by atoms with van der Waals surface area (Å²) in [4.78, 5) is 12.1. The van der Waals surface area contributed by atoms with Crippen molar-refractivity contribution >= 4 is 5.91 Å². The molecule has 7 heteroatoms. The lowest BCUT2D eigenvalue weighted by Gasteiger charge is -2.10. The summed E-state index contributed by atoms with van der Waals surface area (Å²) in [5, 5.41) is 17.3. The van der Waals surface area contributed by atoms with Crippen molar-refractivity contribution in [3.8, 4) is 11.3 Å². The van der Waals surface area contributed by atoms with Crippen LogP contribution in [0.3, 0.4) is 0 Å². The Balaban J connectivity index is 2.16. The normalized spacial score (nSPS) is 12.4. The number of aryl methyl sites for hydroxylation is 2. The third-order valence-electron chi connectivity index (χ3n) is 3.65. The Kier molecular flexibility index (Phi) is 4.42. The number of carbonyl (C=O) groups is 1. The van der Waals surface area contributed by atoms with Gasteiger partial charge in [-0.25, -0.2) is 0 Å². The van der Waals surface area contributed by atoms with E-state index in [1.807, 2.05) is 39.5 Å². The van der Waals surface area contributed by atoms with E-state index in [0.29, 0.717) is 12.2 Å². The van der Waals surface area contributed by atoms with E-state index in [1.54, 1.807) is 6.07 Å². The van der Waals surface area contributed by atoms with E-state index >= 15 is 0 Å². The number of likely N-dealkylation sites (N-methyl/N-ethyl adjacent to an activating group) is 1. The lowest BCUT2D eigenvalue weighted by Crippen LogP contribution is -2.37. The first-order valence-electron chi connectivity index (χ1n) is 6.95. The molecule has 2 heterocycles. The Morgan fingerprint density at radius 1 is 1.48 bits per heavy atom. The van der Waals surface area contributed by atoms with Gasteiger partial charge in [-0.15, -0.1) is 0 Å². The van der Waals surface area contributed by atoms with Crippen LogP contribution in [0.15, 0.2) is 6.07 Å². The molecule has 0 aliphatic carbocycles. The summed E-state index contributed by atoms with van der Waals surface area (Å²) in [6.45, 7) is 6.49. The molecular weight excluding hydrogens is 268 g/mol. The van der Waals surface area contributed by atoms with Gasteiger partial charge in [0.05, 0.1) is 11.4 Å². The zero-order valence-electron chi connectivity index (χ0n) is 13.1. The summed E-state index contributed by atoms with van der Waals surface area (Å²) < 4.78 is 1.81. The molecule has 0 radical (unpaired) electrons. The predicted octanol–water partition coefficient (Wildman–Crippen LogP) is 0.765. The van der Waals surface area contributed by atoms with Gasteiger partial charge < -0.3 is 10.6 Å². The van der Waals surface area contributed by atoms with Gasteiger partial charge in [-0.1, -0.05) is 0 Å². The fraction of sp³-hybridized carbons (Fsp3) is 0.500. The lowest BCUT2D eigenvalue weighted by atomic mass is 10.1. The van der Waals surface area contributed by atoms with Crippen molar-refractivity contribution < 1.29 is 4.79 Å². The van der Waals surface area contributed by atoms with Gasteiger partial charge in [-0.3, -0.25) is 14.6 Å². The van der Waals surface area contributed by atoms with Crippen LogP contribution in [0.2, 0.25) is 0 Å². The molecule has 1 unspecified atom stereocenters. The summed E-state index contributed by atoms with van der Waals surface area (Å²) >= 11 is 0. The Morgan fingerprint density at radius 2 is 2.19 bits per heavy atom. The number of rotatable bonds is 5. The quantitative estimate of drug-likeness (QED) is 0.759. The number of H-pyrrole nitrogens is 1. The summed E-state index contributed by atoms with van der Waals surface area (Å²) in [5.74, 6) is -0.157. The van der Waals surface area contributed by atoms with Crippen LogP contribution in [-0.2, 0) is 7.05 Å². The van der Waals surface area contributed by atoms with Gasteiger partial charge >= 0.3 is 0 Å². The smallest absolute Gasteiger partial charge is 0.269 e. The third kappa shape index (κ3) is 3.13. The molecule has 2 aromatic heterocycles. The standard InChI is InChI=1S/C14H22N6O/c1-8(15-4)7-16-14(21)12-6-11(17-18-12)13-9(2)19-20(5)10(13)3/h6,8,15H,7H2,1-5H3,(H,16,21)(H,17,18). The summed E-state index contributed by atoms with van der Waals surface area (Å²) in [6, 6.07) is 1.98. The highest BCUT2D eigenvalue weighted by Crippen LogP contribution is 2.24. The van der Waals surface area contributed by atoms with Gasteiger partial charge in [0.25, 0.3) is 5.91 Å². The van der Waals surface area contributed by atoms with Crippen molar-refractivity contribution in [1.82, 2.24) is 30.6 Å². The van der Waals surface area contributed by atoms with E-state index in [0.717, 1.165) is 22.6 Å². The topological polar surface area (TPSA) is 87.6 Å². The van der Waals surface area contributed by atoms with Gasteiger partial charge in [0.2, 0.25) is 0 Å². The molecule has 1 amide bonds. The van der Waals surface area contributed by atoms with Gasteiger partial charge in [-0.2, -0.15) is 10.2 Å². The number of carbonyl (C=O) groups excluding carboxylic acids is 1. The van der Waals surface area contributed by atoms with Crippen molar-refractivity contribution in [2.24, 2.45) is 7.05 Å². The predicted molar refractivity (Wildman–Crippen MR) is 81.1 cm³/mol. The molecule has 0 aromatic carbocycles. The average molecular weight is 290 g/mol. The van der Waals surface area contributed by atoms with Gasteiger partial charge in [-0.05, 0) is 33.9 Å². The maximum absolute atomic E-state index is 12.1. The Bertz CT molecular complexity index is 642. The van der Waals surface area contributed by atoms with Crippen molar-refractivity contribution in [3.63, 3.8) is 0 Å². The number of nitrogens with zero attached hydrogens (tertiary/aromatic N) is 3. The van der Waals surface area contributed by atoms with Crippen molar-refractivity contribution in [1.29, 1.82) is 0 Å². The van der Waals surface area contributed by atoms with Crippen molar-refractivity contribution in [3.05, 3.63) is 23.1 Å². The van der Waals surface area contributed by atoms with E-state index in [9.17, 15) is 4.79 Å². The van der Waals surface area contributed by atoms with Crippen molar-refractivity contribution in [2.75, 3.05) is 13.6 Å². The average Bonchev–Trinajstić information content (AvgIpc) is 3.02. The highest BCUT2D eigenvalue weighted by atomic mass is 16.1. The highest BCUT2D eigenvalue weighted by molar-refractivity contribution is 5.93. The molecule has 0 spiro atoms. The van der Waals surface area contributed by atoms with Crippen LogP contribution in [0.5, 0.6) is 0 Å². The van der Waals surface area contributed by atoms with Crippen LogP contribution in [-0.4, -0.2) is 45.5 Å². The summed E-state index contributed by atoms with van der Waals surface area (Å²) in [7, 11) is 3.75. The number of nitrogens with one attached hydrogen (secondary N) is 3. The molecule has 0 bridgehead atoms. The van der Waals surface area contributed by atoms with E-state index in [1.165, 1.54) is 0 Å². The maximum atomic E-state index is 12.1. The molecule has 21 heavy (non-hydrogen) atoms. The fourth-order valence-corrected chi connectivity index (χ4v) is 2.15. The molecule has 114 valence electrons. The first-order chi connectivity index (χ1) is 9.93. The van der Waals surface area contributed by atoms with Crippen LogP contribution in [0.1, 0.15) is 28.8 Å². The second-order valence-corrected chi connectivity index (χ2v) is 5.24. The zero-order valence-corrected chi connectivity index (χ0v) is 13.1. The first kappa shape index (κ1) is 15.2. The molecule has 0 aliphatic heterocycles. The minimum absolute atomic E-state index is 0.157. The zero-order chi connectivity index (χ0) is 15.6. The van der Waals surface area contributed by atoms with Gasteiger partial charge in [0, 0.05) is 30.9 Å². The van der Waals surface area contributed by atoms with E-state index in [4.69, 9.17) is 0 Å². The van der Waals surface area contributed by atoms with Crippen molar-refractivity contribution in [2.45, 2.75) is 26.8 Å². The van der Waals surface area contributed by atoms with E-state index < -0.39 is 0 Å². The number of aromatic nitrogens is 4. The minimum atomic E-state index is -0.157. The number of hydrogen-bond acceptors (Lipinski definition) is 4. The molecule has 7 nitrogen and oxygen atoms in total. The van der Waals surface area contributed by atoms with Crippen LogP contribution < -0.4 is 10.6 Å². The number of aromatic amines is 1. The molecule has 2 aromatic rings. The monoisotopic (exact) mass is 290 g/mol. The first-order valence-corrected chi connectivity index (χ1v) is 6.95. The molecule has 0 aliphatic rings. The lowest BCUT2D eigenvalue weighted by molar-refractivity contribution is 0.0945. The second kappa shape index (κ2) is 6.09. The SMILES string of the molecule is CNC(C)CNC(=O)c1cc(-c2c(C)nn(C)c2C)n[nH]1. The molecule has 3 N–H and O–H groups in total.